The van der Waals surface area contributed by atoms with E-state index in [1.165, 1.54) is 11.8 Å². The lowest BCUT2D eigenvalue weighted by molar-refractivity contribution is -0.115. The number of carbonyl (C=O) groups is 1. The van der Waals surface area contributed by atoms with Gasteiger partial charge in [-0.3, -0.25) is 9.36 Å². The first-order chi connectivity index (χ1) is 13.0. The Morgan fingerprint density at radius 3 is 2.93 bits per heavy atom. The van der Waals surface area contributed by atoms with Crippen molar-refractivity contribution >= 4 is 35.0 Å². The summed E-state index contributed by atoms with van der Waals surface area (Å²) in [4.78, 5) is 12.5. The van der Waals surface area contributed by atoms with Gasteiger partial charge in [0.1, 0.15) is 5.76 Å². The van der Waals surface area contributed by atoms with Crippen molar-refractivity contribution in [2.45, 2.75) is 30.8 Å². The van der Waals surface area contributed by atoms with Gasteiger partial charge < -0.3 is 9.73 Å². The van der Waals surface area contributed by atoms with Crippen molar-refractivity contribution in [1.29, 1.82) is 0 Å². The quantitative estimate of drug-likeness (QED) is 0.453. The molecule has 0 spiro atoms. The third-order valence-electron chi connectivity index (χ3n) is 3.87. The van der Waals surface area contributed by atoms with Crippen LogP contribution in [-0.2, 0) is 11.3 Å². The Kier molecular flexibility index (Phi) is 6.03. The SMILES string of the molecule is C=CCn1c(S[C@H](C)C(=O)Nc2cccc(Cl)c2)nnc1-c1ccoc1C. The molecule has 0 aliphatic heterocycles. The van der Waals surface area contributed by atoms with Gasteiger partial charge in [-0.2, -0.15) is 0 Å². The van der Waals surface area contributed by atoms with Gasteiger partial charge >= 0.3 is 0 Å². The summed E-state index contributed by atoms with van der Waals surface area (Å²) < 4.78 is 7.28. The van der Waals surface area contributed by atoms with Crippen LogP contribution in [0.4, 0.5) is 5.69 Å². The molecule has 2 heterocycles. The van der Waals surface area contributed by atoms with E-state index in [9.17, 15) is 4.79 Å². The van der Waals surface area contributed by atoms with E-state index in [4.69, 9.17) is 16.0 Å². The van der Waals surface area contributed by atoms with E-state index in [1.54, 1.807) is 36.6 Å². The molecular formula is C19H19ClN4O2S. The second kappa shape index (κ2) is 8.45. The molecule has 3 aromatic rings. The van der Waals surface area contributed by atoms with Crippen LogP contribution in [0.15, 0.2) is 58.8 Å². The molecule has 2 aromatic heterocycles. The van der Waals surface area contributed by atoms with Crippen molar-refractivity contribution in [1.82, 2.24) is 14.8 Å². The number of furan rings is 1. The summed E-state index contributed by atoms with van der Waals surface area (Å²) in [6.45, 7) is 8.02. The molecule has 3 rings (SSSR count). The molecule has 0 unspecified atom stereocenters. The molecule has 1 atom stereocenters. The van der Waals surface area contributed by atoms with E-state index < -0.39 is 0 Å². The monoisotopic (exact) mass is 402 g/mol. The van der Waals surface area contributed by atoms with Crippen molar-refractivity contribution in [2.24, 2.45) is 0 Å². The maximum Gasteiger partial charge on any atom is 0.237 e. The molecule has 27 heavy (non-hydrogen) atoms. The van der Waals surface area contributed by atoms with Crippen LogP contribution < -0.4 is 5.32 Å². The summed E-state index contributed by atoms with van der Waals surface area (Å²) in [6, 6.07) is 8.89. The van der Waals surface area contributed by atoms with Gasteiger partial charge in [-0.15, -0.1) is 16.8 Å². The van der Waals surface area contributed by atoms with Gasteiger partial charge in [0, 0.05) is 17.3 Å². The number of aromatic nitrogens is 3. The standard InChI is InChI=1S/C19H19ClN4O2S/c1-4-9-24-17(16-8-10-26-12(16)2)22-23-19(24)27-13(3)18(25)21-15-7-5-6-14(20)11-15/h4-8,10-11,13H,1,9H2,2-3H3,(H,21,25)/t13-/m1/s1. The molecule has 1 amide bonds. The van der Waals surface area contributed by atoms with Gasteiger partial charge in [0.25, 0.3) is 0 Å². The Bertz CT molecular complexity index is 966. The Hall–Kier alpha value is -2.51. The molecule has 0 bridgehead atoms. The fourth-order valence-corrected chi connectivity index (χ4v) is 3.56. The zero-order valence-corrected chi connectivity index (χ0v) is 16.5. The number of carbonyl (C=O) groups excluding carboxylic acids is 1. The normalized spacial score (nSPS) is 12.0. The van der Waals surface area contributed by atoms with Gasteiger partial charge in [-0.05, 0) is 38.1 Å². The molecule has 0 aliphatic rings. The number of thioether (sulfide) groups is 1. The summed E-state index contributed by atoms with van der Waals surface area (Å²) >= 11 is 7.29. The molecule has 1 N–H and O–H groups in total. The van der Waals surface area contributed by atoms with Crippen LogP contribution in [0.5, 0.6) is 0 Å². The molecular weight excluding hydrogens is 384 g/mol. The number of nitrogens with one attached hydrogen (secondary N) is 1. The van der Waals surface area contributed by atoms with Gasteiger partial charge in [-0.25, -0.2) is 0 Å². The summed E-state index contributed by atoms with van der Waals surface area (Å²) in [5, 5.41) is 12.2. The summed E-state index contributed by atoms with van der Waals surface area (Å²) in [5.74, 6) is 1.30. The minimum Gasteiger partial charge on any atom is -0.469 e. The van der Waals surface area contributed by atoms with Crippen LogP contribution >= 0.6 is 23.4 Å². The van der Waals surface area contributed by atoms with Gasteiger partial charge in [-0.1, -0.05) is 35.5 Å². The first kappa shape index (κ1) is 19.3. The van der Waals surface area contributed by atoms with Crippen LogP contribution in [0.2, 0.25) is 5.02 Å². The highest BCUT2D eigenvalue weighted by molar-refractivity contribution is 8.00. The van der Waals surface area contributed by atoms with Gasteiger partial charge in [0.2, 0.25) is 5.91 Å². The number of hydrogen-bond acceptors (Lipinski definition) is 5. The van der Waals surface area contributed by atoms with Crippen LogP contribution in [0, 0.1) is 6.92 Å². The number of benzene rings is 1. The van der Waals surface area contributed by atoms with Crippen molar-refractivity contribution in [3.05, 3.63) is 60.0 Å². The number of aryl methyl sites for hydroxylation is 1. The molecule has 8 heteroatoms. The molecule has 6 nitrogen and oxygen atoms in total. The zero-order chi connectivity index (χ0) is 19.4. The van der Waals surface area contributed by atoms with E-state index in [0.29, 0.717) is 28.2 Å². The lowest BCUT2D eigenvalue weighted by atomic mass is 10.2. The van der Waals surface area contributed by atoms with E-state index in [2.05, 4.69) is 22.1 Å². The molecule has 0 saturated carbocycles. The lowest BCUT2D eigenvalue weighted by Crippen LogP contribution is -2.23. The largest absolute Gasteiger partial charge is 0.469 e. The fraction of sp³-hybridized carbons (Fsp3) is 0.211. The van der Waals surface area contributed by atoms with Gasteiger partial charge in [0.15, 0.2) is 11.0 Å². The highest BCUT2D eigenvalue weighted by Gasteiger charge is 2.21. The Labute approximate surface area is 166 Å². The molecule has 0 fully saturated rings. The first-order valence-electron chi connectivity index (χ1n) is 8.31. The van der Waals surface area contributed by atoms with E-state index in [-0.39, 0.29) is 11.2 Å². The predicted molar refractivity (Wildman–Crippen MR) is 108 cm³/mol. The maximum atomic E-state index is 12.5. The maximum absolute atomic E-state index is 12.5. The van der Waals surface area contributed by atoms with Crippen molar-refractivity contribution in [3.8, 4) is 11.4 Å². The smallest absolute Gasteiger partial charge is 0.237 e. The average molecular weight is 403 g/mol. The highest BCUT2D eigenvalue weighted by Crippen LogP contribution is 2.29. The first-order valence-corrected chi connectivity index (χ1v) is 9.57. The summed E-state index contributed by atoms with van der Waals surface area (Å²) in [7, 11) is 0. The number of anilines is 1. The highest BCUT2D eigenvalue weighted by atomic mass is 35.5. The van der Waals surface area contributed by atoms with Crippen LogP contribution in [0.25, 0.3) is 11.4 Å². The number of amides is 1. The Balaban J connectivity index is 1.78. The van der Waals surface area contributed by atoms with E-state index in [0.717, 1.165) is 11.3 Å². The summed E-state index contributed by atoms with van der Waals surface area (Å²) in [6.07, 6.45) is 3.38. The Morgan fingerprint density at radius 1 is 1.44 bits per heavy atom. The minimum absolute atomic E-state index is 0.142. The third kappa shape index (κ3) is 4.43. The van der Waals surface area contributed by atoms with Crippen LogP contribution in [0.3, 0.4) is 0 Å². The topological polar surface area (TPSA) is 73.0 Å². The Morgan fingerprint density at radius 2 is 2.26 bits per heavy atom. The second-order valence-corrected chi connectivity index (χ2v) is 7.60. The van der Waals surface area contributed by atoms with E-state index >= 15 is 0 Å². The minimum atomic E-state index is -0.380. The van der Waals surface area contributed by atoms with Gasteiger partial charge in [0.05, 0.1) is 17.1 Å². The fourth-order valence-electron chi connectivity index (χ4n) is 2.51. The number of rotatable bonds is 7. The lowest BCUT2D eigenvalue weighted by Gasteiger charge is -2.13. The average Bonchev–Trinajstić information content (AvgIpc) is 3.21. The predicted octanol–water partition coefficient (Wildman–Crippen LogP) is 4.81. The van der Waals surface area contributed by atoms with E-state index in [1.807, 2.05) is 24.5 Å². The molecule has 0 aliphatic carbocycles. The van der Waals surface area contributed by atoms with Crippen molar-refractivity contribution < 1.29 is 9.21 Å². The van der Waals surface area contributed by atoms with Crippen molar-refractivity contribution in [3.63, 3.8) is 0 Å². The number of nitrogens with zero attached hydrogens (tertiary/aromatic N) is 3. The van der Waals surface area contributed by atoms with Crippen molar-refractivity contribution in [2.75, 3.05) is 5.32 Å². The number of allylic oxidation sites excluding steroid dienone is 1. The zero-order valence-electron chi connectivity index (χ0n) is 15.0. The molecule has 0 saturated heterocycles. The number of halogens is 1. The molecule has 0 radical (unpaired) electrons. The second-order valence-electron chi connectivity index (χ2n) is 5.86. The van der Waals surface area contributed by atoms with Crippen LogP contribution in [0.1, 0.15) is 12.7 Å². The third-order valence-corrected chi connectivity index (χ3v) is 5.19. The van der Waals surface area contributed by atoms with Crippen LogP contribution in [-0.4, -0.2) is 25.9 Å². The molecule has 140 valence electrons. The summed E-state index contributed by atoms with van der Waals surface area (Å²) in [5.41, 5.74) is 1.52. The molecule has 1 aromatic carbocycles. The number of hydrogen-bond donors (Lipinski definition) is 1.